The number of nitrogens with zero attached hydrogens (tertiary/aromatic N) is 2. The first-order valence-corrected chi connectivity index (χ1v) is 15.9. The molecule has 0 spiro atoms. The van der Waals surface area contributed by atoms with Crippen molar-refractivity contribution in [2.45, 2.75) is 51.5 Å². The molecule has 0 aliphatic rings. The summed E-state index contributed by atoms with van der Waals surface area (Å²) in [5.74, 6) is -1.28. The summed E-state index contributed by atoms with van der Waals surface area (Å²) in [6.07, 6.45) is -3.38. The van der Waals surface area contributed by atoms with Crippen LogP contribution in [0, 0.1) is 0 Å². The SMILES string of the molecule is CCC(C)NC(=O)C(Cc1ccccc1)N(Cc1cccc(Cl)c1)C(=O)CN(c1ccc(Cl)c(C(F)(F)F)c1)S(C)(=O)=O. The summed E-state index contributed by atoms with van der Waals surface area (Å²) in [4.78, 5) is 29.0. The molecule has 1 N–H and O–H groups in total. The van der Waals surface area contributed by atoms with Crippen LogP contribution in [0.5, 0.6) is 0 Å². The second kappa shape index (κ2) is 14.5. The molecular formula is C30H32Cl2F3N3O4S. The minimum absolute atomic E-state index is 0.0907. The Morgan fingerprint density at radius 2 is 1.60 bits per heavy atom. The van der Waals surface area contributed by atoms with Crippen LogP contribution in [-0.2, 0) is 38.8 Å². The molecule has 232 valence electrons. The summed E-state index contributed by atoms with van der Waals surface area (Å²) in [7, 11) is -4.28. The minimum atomic E-state index is -4.87. The van der Waals surface area contributed by atoms with E-state index in [9.17, 15) is 31.2 Å². The molecule has 13 heteroatoms. The van der Waals surface area contributed by atoms with E-state index in [1.807, 2.05) is 13.8 Å². The van der Waals surface area contributed by atoms with Gasteiger partial charge in [-0.05, 0) is 54.8 Å². The Kier molecular flexibility index (Phi) is 11.5. The highest BCUT2D eigenvalue weighted by atomic mass is 35.5. The highest BCUT2D eigenvalue weighted by Gasteiger charge is 2.36. The zero-order valence-corrected chi connectivity index (χ0v) is 26.1. The van der Waals surface area contributed by atoms with Crippen LogP contribution in [0.3, 0.4) is 0 Å². The third kappa shape index (κ3) is 9.61. The van der Waals surface area contributed by atoms with Gasteiger partial charge in [-0.3, -0.25) is 13.9 Å². The molecule has 0 saturated carbocycles. The number of anilines is 1. The van der Waals surface area contributed by atoms with Gasteiger partial charge in [0.1, 0.15) is 12.6 Å². The molecule has 0 aliphatic heterocycles. The van der Waals surface area contributed by atoms with Gasteiger partial charge in [-0.1, -0.05) is 72.6 Å². The molecule has 0 radical (unpaired) electrons. The topological polar surface area (TPSA) is 86.8 Å². The van der Waals surface area contributed by atoms with Gasteiger partial charge in [-0.2, -0.15) is 13.2 Å². The van der Waals surface area contributed by atoms with Crippen LogP contribution >= 0.6 is 23.2 Å². The second-order valence-electron chi connectivity index (χ2n) is 10.1. The number of amides is 2. The number of rotatable bonds is 12. The molecule has 0 heterocycles. The van der Waals surface area contributed by atoms with Crippen molar-refractivity contribution in [3.8, 4) is 0 Å². The van der Waals surface area contributed by atoms with E-state index in [0.29, 0.717) is 27.4 Å². The molecule has 0 bridgehead atoms. The van der Waals surface area contributed by atoms with Gasteiger partial charge in [-0.15, -0.1) is 0 Å². The summed E-state index contributed by atoms with van der Waals surface area (Å²) in [5, 5.41) is 2.66. The van der Waals surface area contributed by atoms with Crippen LogP contribution in [0.1, 0.15) is 37.0 Å². The van der Waals surface area contributed by atoms with Crippen LogP contribution in [0.4, 0.5) is 18.9 Å². The summed E-state index contributed by atoms with van der Waals surface area (Å²) in [5.41, 5.74) is -0.354. The first kappa shape index (κ1) is 34.2. The van der Waals surface area contributed by atoms with Crippen molar-refractivity contribution in [1.82, 2.24) is 10.2 Å². The Balaban J connectivity index is 2.11. The van der Waals surface area contributed by atoms with Gasteiger partial charge >= 0.3 is 6.18 Å². The lowest BCUT2D eigenvalue weighted by Crippen LogP contribution is -2.54. The van der Waals surface area contributed by atoms with E-state index in [-0.39, 0.29) is 19.0 Å². The molecule has 3 aromatic rings. The number of hydrogen-bond acceptors (Lipinski definition) is 4. The van der Waals surface area contributed by atoms with Crippen molar-refractivity contribution >= 4 is 50.7 Å². The molecule has 3 aromatic carbocycles. The van der Waals surface area contributed by atoms with Gasteiger partial charge in [-0.25, -0.2) is 8.42 Å². The predicted molar refractivity (Wildman–Crippen MR) is 162 cm³/mol. The number of sulfonamides is 1. The third-order valence-electron chi connectivity index (χ3n) is 6.74. The van der Waals surface area contributed by atoms with E-state index >= 15 is 0 Å². The second-order valence-corrected chi connectivity index (χ2v) is 12.9. The van der Waals surface area contributed by atoms with Crippen LogP contribution in [-0.4, -0.2) is 50.0 Å². The zero-order chi connectivity index (χ0) is 31.9. The van der Waals surface area contributed by atoms with E-state index in [0.717, 1.165) is 24.0 Å². The number of hydrogen-bond donors (Lipinski definition) is 1. The van der Waals surface area contributed by atoms with Crippen LogP contribution in [0.2, 0.25) is 10.0 Å². The average Bonchev–Trinajstić information content (AvgIpc) is 2.93. The summed E-state index contributed by atoms with van der Waals surface area (Å²) >= 11 is 11.9. The molecular weight excluding hydrogens is 626 g/mol. The Hall–Kier alpha value is -3.28. The molecule has 3 rings (SSSR count). The highest BCUT2D eigenvalue weighted by Crippen LogP contribution is 2.37. The molecule has 0 fully saturated rings. The number of carbonyl (C=O) groups excluding carboxylic acids is 2. The van der Waals surface area contributed by atoms with Crippen molar-refractivity contribution in [3.63, 3.8) is 0 Å². The fourth-order valence-electron chi connectivity index (χ4n) is 4.33. The van der Waals surface area contributed by atoms with Crippen molar-refractivity contribution in [2.24, 2.45) is 0 Å². The molecule has 0 aromatic heterocycles. The van der Waals surface area contributed by atoms with Gasteiger partial charge < -0.3 is 10.2 Å². The van der Waals surface area contributed by atoms with Crippen molar-refractivity contribution in [3.05, 3.63) is 99.5 Å². The largest absolute Gasteiger partial charge is 0.417 e. The van der Waals surface area contributed by atoms with Gasteiger partial charge in [0.25, 0.3) is 0 Å². The smallest absolute Gasteiger partial charge is 0.352 e. The summed E-state index contributed by atoms with van der Waals surface area (Å²) in [6.45, 7) is 2.69. The molecule has 2 unspecified atom stereocenters. The first-order chi connectivity index (χ1) is 20.1. The normalized spacial score (nSPS) is 13.2. The van der Waals surface area contributed by atoms with E-state index in [4.69, 9.17) is 23.2 Å². The predicted octanol–water partition coefficient (Wildman–Crippen LogP) is 6.33. The summed E-state index contributed by atoms with van der Waals surface area (Å²) < 4.78 is 67.1. The van der Waals surface area contributed by atoms with Gasteiger partial charge in [0.15, 0.2) is 0 Å². The van der Waals surface area contributed by atoms with E-state index in [1.54, 1.807) is 54.6 Å². The zero-order valence-electron chi connectivity index (χ0n) is 23.7. The van der Waals surface area contributed by atoms with Gasteiger partial charge in [0.05, 0.1) is 22.5 Å². The monoisotopic (exact) mass is 657 g/mol. The number of benzene rings is 3. The van der Waals surface area contributed by atoms with Gasteiger partial charge in [0.2, 0.25) is 21.8 Å². The Bertz CT molecular complexity index is 1540. The Morgan fingerprint density at radius 1 is 0.953 bits per heavy atom. The molecule has 0 saturated heterocycles. The highest BCUT2D eigenvalue weighted by molar-refractivity contribution is 7.92. The minimum Gasteiger partial charge on any atom is -0.352 e. The number of halogens is 5. The lowest BCUT2D eigenvalue weighted by atomic mass is 10.0. The van der Waals surface area contributed by atoms with Crippen LogP contribution in [0.15, 0.2) is 72.8 Å². The van der Waals surface area contributed by atoms with Crippen LogP contribution in [0.25, 0.3) is 0 Å². The molecule has 2 atom stereocenters. The third-order valence-corrected chi connectivity index (χ3v) is 8.44. The maximum Gasteiger partial charge on any atom is 0.417 e. The standard InChI is InChI=1S/C30H32Cl2F3N3O4S/c1-4-20(2)36-29(40)27(16-21-9-6-5-7-10-21)37(18-22-11-8-12-23(31)15-22)28(39)19-38(43(3,41)42)24-13-14-26(32)25(17-24)30(33,34)35/h5-15,17,20,27H,4,16,18-19H2,1-3H3,(H,36,40). The average molecular weight is 659 g/mol. The number of nitrogens with one attached hydrogen (secondary N) is 1. The lowest BCUT2D eigenvalue weighted by molar-refractivity contribution is -0.140. The molecule has 2 amide bonds. The molecule has 43 heavy (non-hydrogen) atoms. The quantitative estimate of drug-likeness (QED) is 0.247. The van der Waals surface area contributed by atoms with E-state index in [1.165, 1.54) is 4.90 Å². The van der Waals surface area contributed by atoms with Crippen molar-refractivity contribution in [2.75, 3.05) is 17.1 Å². The summed E-state index contributed by atoms with van der Waals surface area (Å²) in [6, 6.07) is 16.8. The lowest BCUT2D eigenvalue weighted by Gasteiger charge is -2.34. The molecule has 0 aliphatic carbocycles. The maximum absolute atomic E-state index is 14.1. The number of alkyl halides is 3. The maximum atomic E-state index is 14.1. The van der Waals surface area contributed by atoms with E-state index < -0.39 is 56.9 Å². The molecule has 7 nitrogen and oxygen atoms in total. The first-order valence-electron chi connectivity index (χ1n) is 13.3. The fourth-order valence-corrected chi connectivity index (χ4v) is 5.61. The van der Waals surface area contributed by atoms with E-state index in [2.05, 4.69) is 5.32 Å². The van der Waals surface area contributed by atoms with Crippen molar-refractivity contribution in [1.29, 1.82) is 0 Å². The fraction of sp³-hybridized carbons (Fsp3) is 0.333. The van der Waals surface area contributed by atoms with Crippen molar-refractivity contribution < 1.29 is 31.2 Å². The van der Waals surface area contributed by atoms with Crippen LogP contribution < -0.4 is 9.62 Å². The Morgan fingerprint density at radius 3 is 2.19 bits per heavy atom. The number of carbonyl (C=O) groups is 2. The Labute approximate surface area is 259 Å². The van der Waals surface area contributed by atoms with Gasteiger partial charge in [0, 0.05) is 24.0 Å².